The van der Waals surface area contributed by atoms with Crippen molar-refractivity contribution >= 4 is 11.8 Å². The molecule has 0 aliphatic rings. The average Bonchev–Trinajstić information content (AvgIpc) is 2.37. The van der Waals surface area contributed by atoms with Crippen molar-refractivity contribution in [1.82, 2.24) is 0 Å². The number of benzene rings is 1. The first kappa shape index (κ1) is 16.4. The molecule has 0 N–H and O–H groups in total. The Morgan fingerprint density at radius 2 is 1.75 bits per heavy atom. The van der Waals surface area contributed by atoms with Crippen LogP contribution < -0.4 is 4.74 Å². The third-order valence-corrected chi connectivity index (χ3v) is 3.31. The smallest absolute Gasteiger partial charge is 0.313 e. The van der Waals surface area contributed by atoms with Gasteiger partial charge in [-0.3, -0.25) is 9.59 Å². The fraction of sp³-hybridized carbons (Fsp3) is 0.529. The first-order valence-electron chi connectivity index (χ1n) is 7.15. The maximum atomic E-state index is 11.8. The largest absolute Gasteiger partial charge is 0.426 e. The second-order valence-electron chi connectivity index (χ2n) is 5.75. The van der Waals surface area contributed by atoms with E-state index in [1.54, 1.807) is 19.9 Å². The lowest BCUT2D eigenvalue weighted by molar-refractivity contribution is -0.137. The lowest BCUT2D eigenvalue weighted by atomic mass is 9.97. The Morgan fingerprint density at radius 1 is 1.10 bits per heavy atom. The van der Waals surface area contributed by atoms with Gasteiger partial charge in [-0.15, -0.1) is 0 Å². The molecule has 0 saturated carbocycles. The summed E-state index contributed by atoms with van der Waals surface area (Å²) >= 11 is 0. The molecule has 0 radical (unpaired) electrons. The van der Waals surface area contributed by atoms with Crippen LogP contribution in [0.15, 0.2) is 18.2 Å². The van der Waals surface area contributed by atoms with Crippen LogP contribution in [0.5, 0.6) is 5.75 Å². The lowest BCUT2D eigenvalue weighted by Gasteiger charge is -2.14. The van der Waals surface area contributed by atoms with Gasteiger partial charge in [-0.05, 0) is 30.5 Å². The highest BCUT2D eigenvalue weighted by Gasteiger charge is 2.15. The molecule has 3 heteroatoms. The Morgan fingerprint density at radius 3 is 2.30 bits per heavy atom. The Kier molecular flexibility index (Phi) is 5.93. The summed E-state index contributed by atoms with van der Waals surface area (Å²) in [6.45, 7) is 9.39. The van der Waals surface area contributed by atoms with E-state index in [1.807, 2.05) is 32.9 Å². The SMILES string of the molecule is Cc1cccc(OC(=O)C(C)C)c1CCC(=O)C(C)C. The summed E-state index contributed by atoms with van der Waals surface area (Å²) in [5.41, 5.74) is 2.01. The average molecular weight is 276 g/mol. The van der Waals surface area contributed by atoms with Crippen molar-refractivity contribution in [3.8, 4) is 5.75 Å². The molecular weight excluding hydrogens is 252 g/mol. The van der Waals surface area contributed by atoms with E-state index in [2.05, 4.69) is 0 Å². The van der Waals surface area contributed by atoms with Gasteiger partial charge in [0.2, 0.25) is 0 Å². The Hall–Kier alpha value is -1.64. The molecule has 0 heterocycles. The van der Waals surface area contributed by atoms with Gasteiger partial charge in [0.25, 0.3) is 0 Å². The van der Waals surface area contributed by atoms with Crippen molar-refractivity contribution in [3.63, 3.8) is 0 Å². The lowest BCUT2D eigenvalue weighted by Crippen LogP contribution is -2.16. The van der Waals surface area contributed by atoms with E-state index in [9.17, 15) is 9.59 Å². The van der Waals surface area contributed by atoms with Crippen molar-refractivity contribution in [2.24, 2.45) is 11.8 Å². The molecule has 3 nitrogen and oxygen atoms in total. The van der Waals surface area contributed by atoms with Gasteiger partial charge < -0.3 is 4.74 Å². The molecule has 0 aliphatic carbocycles. The van der Waals surface area contributed by atoms with E-state index in [0.717, 1.165) is 11.1 Å². The Balaban J connectivity index is 2.88. The Labute approximate surface area is 121 Å². The predicted molar refractivity (Wildman–Crippen MR) is 79.8 cm³/mol. The second kappa shape index (κ2) is 7.22. The van der Waals surface area contributed by atoms with E-state index in [-0.39, 0.29) is 23.6 Å². The minimum atomic E-state index is -0.243. The molecule has 110 valence electrons. The van der Waals surface area contributed by atoms with Crippen LogP contribution in [0.1, 0.15) is 45.2 Å². The molecule has 0 saturated heterocycles. The van der Waals surface area contributed by atoms with Crippen LogP contribution in [0.25, 0.3) is 0 Å². The summed E-state index contributed by atoms with van der Waals surface area (Å²) in [7, 11) is 0. The summed E-state index contributed by atoms with van der Waals surface area (Å²) in [4.78, 5) is 23.5. The fourth-order valence-electron chi connectivity index (χ4n) is 1.85. The Bertz CT molecular complexity index is 487. The van der Waals surface area contributed by atoms with Gasteiger partial charge in [0, 0.05) is 12.3 Å². The van der Waals surface area contributed by atoms with E-state index < -0.39 is 0 Å². The molecule has 0 atom stereocenters. The maximum absolute atomic E-state index is 11.8. The number of hydrogen-bond acceptors (Lipinski definition) is 3. The molecule has 0 bridgehead atoms. The minimum Gasteiger partial charge on any atom is -0.426 e. The van der Waals surface area contributed by atoms with Crippen molar-refractivity contribution in [1.29, 1.82) is 0 Å². The van der Waals surface area contributed by atoms with Crippen LogP contribution >= 0.6 is 0 Å². The molecule has 0 aliphatic heterocycles. The number of carbonyl (C=O) groups is 2. The number of hydrogen-bond donors (Lipinski definition) is 0. The van der Waals surface area contributed by atoms with Crippen LogP contribution in [-0.2, 0) is 16.0 Å². The molecule has 0 spiro atoms. The molecule has 1 rings (SSSR count). The fourth-order valence-corrected chi connectivity index (χ4v) is 1.85. The second-order valence-corrected chi connectivity index (χ2v) is 5.75. The molecule has 0 unspecified atom stereocenters. The standard InChI is InChI=1S/C17H24O3/c1-11(2)15(18)10-9-14-13(5)7-6-8-16(14)20-17(19)12(3)4/h6-8,11-12H,9-10H2,1-5H3. The van der Waals surface area contributed by atoms with E-state index in [4.69, 9.17) is 4.74 Å². The summed E-state index contributed by atoms with van der Waals surface area (Å²) < 4.78 is 5.43. The first-order valence-corrected chi connectivity index (χ1v) is 7.15. The molecule has 0 aromatic heterocycles. The third-order valence-electron chi connectivity index (χ3n) is 3.31. The zero-order valence-electron chi connectivity index (χ0n) is 13.0. The van der Waals surface area contributed by atoms with Crippen LogP contribution in [0.4, 0.5) is 0 Å². The van der Waals surface area contributed by atoms with Gasteiger partial charge in [-0.25, -0.2) is 0 Å². The van der Waals surface area contributed by atoms with Crippen LogP contribution in [0.2, 0.25) is 0 Å². The van der Waals surface area contributed by atoms with Crippen molar-refractivity contribution < 1.29 is 14.3 Å². The first-order chi connectivity index (χ1) is 9.32. The summed E-state index contributed by atoms with van der Waals surface area (Å²) in [6.07, 6.45) is 1.10. The quantitative estimate of drug-likeness (QED) is 0.587. The summed E-state index contributed by atoms with van der Waals surface area (Å²) in [6, 6.07) is 5.64. The summed E-state index contributed by atoms with van der Waals surface area (Å²) in [5, 5.41) is 0. The molecule has 0 fully saturated rings. The highest BCUT2D eigenvalue weighted by atomic mass is 16.5. The monoisotopic (exact) mass is 276 g/mol. The number of Topliss-reactive ketones (excluding diaryl/α,β-unsaturated/α-hetero) is 1. The molecule has 0 amide bonds. The highest BCUT2D eigenvalue weighted by molar-refractivity contribution is 5.80. The van der Waals surface area contributed by atoms with Crippen molar-refractivity contribution in [2.75, 3.05) is 0 Å². The number of aryl methyl sites for hydroxylation is 1. The van der Waals surface area contributed by atoms with Crippen LogP contribution in [0.3, 0.4) is 0 Å². The van der Waals surface area contributed by atoms with Gasteiger partial charge in [0.1, 0.15) is 11.5 Å². The molecule has 20 heavy (non-hydrogen) atoms. The molecule has 1 aromatic rings. The molecular formula is C17H24O3. The number of rotatable bonds is 6. The predicted octanol–water partition coefficient (Wildman–Crippen LogP) is 3.71. The topological polar surface area (TPSA) is 43.4 Å². The number of ketones is 1. The van der Waals surface area contributed by atoms with E-state index >= 15 is 0 Å². The van der Waals surface area contributed by atoms with Gasteiger partial charge in [-0.1, -0.05) is 39.8 Å². The third kappa shape index (κ3) is 4.48. The minimum absolute atomic E-state index is 0.0423. The van der Waals surface area contributed by atoms with Gasteiger partial charge >= 0.3 is 5.97 Å². The van der Waals surface area contributed by atoms with Crippen LogP contribution in [-0.4, -0.2) is 11.8 Å². The van der Waals surface area contributed by atoms with Crippen molar-refractivity contribution in [3.05, 3.63) is 29.3 Å². The number of ether oxygens (including phenoxy) is 1. The zero-order valence-corrected chi connectivity index (χ0v) is 13.0. The molecule has 1 aromatic carbocycles. The van der Waals surface area contributed by atoms with Gasteiger partial charge in [0.15, 0.2) is 0 Å². The highest BCUT2D eigenvalue weighted by Crippen LogP contribution is 2.25. The van der Waals surface area contributed by atoms with Crippen LogP contribution in [0, 0.1) is 18.8 Å². The number of carbonyl (C=O) groups excluding carboxylic acids is 2. The van der Waals surface area contributed by atoms with E-state index in [0.29, 0.717) is 18.6 Å². The zero-order chi connectivity index (χ0) is 15.3. The summed E-state index contributed by atoms with van der Waals surface area (Å²) in [5.74, 6) is 0.447. The van der Waals surface area contributed by atoms with Gasteiger partial charge in [0.05, 0.1) is 5.92 Å². The van der Waals surface area contributed by atoms with E-state index in [1.165, 1.54) is 0 Å². The number of esters is 1. The van der Waals surface area contributed by atoms with Crippen molar-refractivity contribution in [2.45, 2.75) is 47.5 Å². The maximum Gasteiger partial charge on any atom is 0.313 e. The normalized spacial score (nSPS) is 10.9. The van der Waals surface area contributed by atoms with Gasteiger partial charge in [-0.2, -0.15) is 0 Å².